The first-order chi connectivity index (χ1) is 5.64. The van der Waals surface area contributed by atoms with Crippen LogP contribution < -0.4 is 5.73 Å². The Labute approximate surface area is 77.5 Å². The van der Waals surface area contributed by atoms with Crippen molar-refractivity contribution in [3.63, 3.8) is 0 Å². The molecule has 1 unspecified atom stereocenters. The molecule has 64 valence electrons. The van der Waals surface area contributed by atoms with Gasteiger partial charge in [0, 0.05) is 16.5 Å². The number of hydrogen-bond acceptors (Lipinski definition) is 1. The minimum absolute atomic E-state index is 0.137. The van der Waals surface area contributed by atoms with Gasteiger partial charge in [0.2, 0.25) is 0 Å². The highest BCUT2D eigenvalue weighted by Crippen LogP contribution is 2.48. The van der Waals surface area contributed by atoms with Crippen LogP contribution in [0.1, 0.15) is 18.9 Å². The zero-order chi connectivity index (χ0) is 8.77. The molecule has 0 aromatic heterocycles. The topological polar surface area (TPSA) is 26.0 Å². The molecule has 2 N–H and O–H groups in total. The number of benzene rings is 1. The van der Waals surface area contributed by atoms with E-state index in [4.69, 9.17) is 17.3 Å². The van der Waals surface area contributed by atoms with Crippen LogP contribution in [-0.4, -0.2) is 6.04 Å². The Morgan fingerprint density at radius 1 is 1.50 bits per heavy atom. The van der Waals surface area contributed by atoms with Gasteiger partial charge in [0.25, 0.3) is 0 Å². The molecule has 1 saturated carbocycles. The summed E-state index contributed by atoms with van der Waals surface area (Å²) in [6.07, 6.45) is 1.05. The summed E-state index contributed by atoms with van der Waals surface area (Å²) in [6, 6.07) is 8.24. The third kappa shape index (κ3) is 1.05. The van der Waals surface area contributed by atoms with E-state index in [-0.39, 0.29) is 11.5 Å². The molecule has 1 nitrogen and oxygen atoms in total. The second-order valence-electron chi connectivity index (χ2n) is 3.71. The molecule has 0 bridgehead atoms. The van der Waals surface area contributed by atoms with E-state index >= 15 is 0 Å². The summed E-state index contributed by atoms with van der Waals surface area (Å²) in [7, 11) is 0. The van der Waals surface area contributed by atoms with Gasteiger partial charge in [-0.05, 0) is 18.1 Å². The molecule has 1 aromatic rings. The van der Waals surface area contributed by atoms with Crippen molar-refractivity contribution in [2.45, 2.75) is 24.8 Å². The van der Waals surface area contributed by atoms with Crippen molar-refractivity contribution in [3.8, 4) is 0 Å². The third-order valence-corrected chi connectivity index (χ3v) is 3.12. The van der Waals surface area contributed by atoms with Crippen LogP contribution in [0.3, 0.4) is 0 Å². The molecule has 2 rings (SSSR count). The van der Waals surface area contributed by atoms with Crippen molar-refractivity contribution in [2.75, 3.05) is 0 Å². The Balaban J connectivity index is 2.41. The van der Waals surface area contributed by atoms with E-state index in [1.54, 1.807) is 0 Å². The van der Waals surface area contributed by atoms with Crippen LogP contribution in [0.5, 0.6) is 0 Å². The van der Waals surface area contributed by atoms with Crippen LogP contribution in [0.15, 0.2) is 24.3 Å². The smallest absolute Gasteiger partial charge is 0.0444 e. The quantitative estimate of drug-likeness (QED) is 0.707. The summed E-state index contributed by atoms with van der Waals surface area (Å²) in [5.74, 6) is 0. The summed E-state index contributed by atoms with van der Waals surface area (Å²) in [6.45, 7) is 2.17. The second kappa shape index (κ2) is 2.48. The standard InChI is InChI=1S/C10H12ClN/c1-10(6-9(10)12)7-4-2-3-5-8(7)11/h2-5,9H,6,12H2,1H3/t9-,10?/m1/s1. The SMILES string of the molecule is CC1(c2ccccc2Cl)C[C@H]1N. The van der Waals surface area contributed by atoms with E-state index in [2.05, 4.69) is 13.0 Å². The summed E-state index contributed by atoms with van der Waals surface area (Å²) >= 11 is 6.06. The molecule has 1 fully saturated rings. The summed E-state index contributed by atoms with van der Waals surface area (Å²) < 4.78 is 0. The Hall–Kier alpha value is -0.530. The monoisotopic (exact) mass is 181 g/mol. The summed E-state index contributed by atoms with van der Waals surface area (Å²) in [5, 5.41) is 0.841. The minimum atomic E-state index is 0.137. The highest BCUT2D eigenvalue weighted by atomic mass is 35.5. The van der Waals surface area contributed by atoms with Gasteiger partial charge in [-0.15, -0.1) is 0 Å². The molecular weight excluding hydrogens is 170 g/mol. The fourth-order valence-electron chi connectivity index (χ4n) is 1.63. The van der Waals surface area contributed by atoms with Crippen molar-refractivity contribution < 1.29 is 0 Å². The molecular formula is C10H12ClN. The van der Waals surface area contributed by atoms with Gasteiger partial charge in [0.05, 0.1) is 0 Å². The molecule has 1 aliphatic rings. The predicted molar refractivity (Wildman–Crippen MR) is 51.4 cm³/mol. The molecule has 0 aliphatic heterocycles. The molecule has 1 aromatic carbocycles. The molecule has 0 spiro atoms. The van der Waals surface area contributed by atoms with E-state index in [1.807, 2.05) is 18.2 Å². The third-order valence-electron chi connectivity index (χ3n) is 2.79. The van der Waals surface area contributed by atoms with Gasteiger partial charge in [-0.2, -0.15) is 0 Å². The zero-order valence-corrected chi connectivity index (χ0v) is 7.81. The van der Waals surface area contributed by atoms with E-state index in [0.29, 0.717) is 0 Å². The Morgan fingerprint density at radius 3 is 2.58 bits per heavy atom. The molecule has 0 saturated heterocycles. The van der Waals surface area contributed by atoms with Crippen LogP contribution in [0.25, 0.3) is 0 Å². The Morgan fingerprint density at radius 2 is 2.08 bits per heavy atom. The van der Waals surface area contributed by atoms with Gasteiger partial charge in [-0.3, -0.25) is 0 Å². The Kier molecular flexibility index (Phi) is 1.67. The summed E-state index contributed by atoms with van der Waals surface area (Å²) in [4.78, 5) is 0. The van der Waals surface area contributed by atoms with Gasteiger partial charge >= 0.3 is 0 Å². The molecule has 0 amide bonds. The van der Waals surface area contributed by atoms with Crippen molar-refractivity contribution in [1.29, 1.82) is 0 Å². The summed E-state index contributed by atoms with van der Waals surface area (Å²) in [5.41, 5.74) is 7.17. The van der Waals surface area contributed by atoms with Crippen LogP contribution in [0, 0.1) is 0 Å². The first-order valence-corrected chi connectivity index (χ1v) is 4.53. The van der Waals surface area contributed by atoms with E-state index in [0.717, 1.165) is 11.4 Å². The molecule has 2 atom stereocenters. The van der Waals surface area contributed by atoms with Crippen molar-refractivity contribution in [1.82, 2.24) is 0 Å². The number of hydrogen-bond donors (Lipinski definition) is 1. The maximum absolute atomic E-state index is 6.06. The van der Waals surface area contributed by atoms with Gasteiger partial charge in [0.1, 0.15) is 0 Å². The fourth-order valence-corrected chi connectivity index (χ4v) is 1.98. The number of halogens is 1. The van der Waals surface area contributed by atoms with Crippen LogP contribution in [0.2, 0.25) is 5.02 Å². The van der Waals surface area contributed by atoms with Gasteiger partial charge in [0.15, 0.2) is 0 Å². The largest absolute Gasteiger partial charge is 0.327 e. The van der Waals surface area contributed by atoms with Gasteiger partial charge in [-0.1, -0.05) is 36.7 Å². The number of nitrogens with two attached hydrogens (primary N) is 1. The lowest BCUT2D eigenvalue weighted by atomic mass is 9.98. The lowest BCUT2D eigenvalue weighted by molar-refractivity contribution is 0.741. The van der Waals surface area contributed by atoms with Crippen molar-refractivity contribution in [3.05, 3.63) is 34.9 Å². The van der Waals surface area contributed by atoms with E-state index in [1.165, 1.54) is 5.56 Å². The molecule has 12 heavy (non-hydrogen) atoms. The highest BCUT2D eigenvalue weighted by Gasteiger charge is 2.49. The fraction of sp³-hybridized carbons (Fsp3) is 0.400. The zero-order valence-electron chi connectivity index (χ0n) is 7.05. The maximum Gasteiger partial charge on any atom is 0.0444 e. The average molecular weight is 182 g/mol. The van der Waals surface area contributed by atoms with Crippen LogP contribution in [0.4, 0.5) is 0 Å². The molecule has 2 heteroatoms. The van der Waals surface area contributed by atoms with Crippen molar-refractivity contribution >= 4 is 11.6 Å². The molecule has 0 radical (unpaired) electrons. The first-order valence-electron chi connectivity index (χ1n) is 4.15. The van der Waals surface area contributed by atoms with Crippen molar-refractivity contribution in [2.24, 2.45) is 5.73 Å². The van der Waals surface area contributed by atoms with Crippen LogP contribution in [-0.2, 0) is 5.41 Å². The van der Waals surface area contributed by atoms with E-state index < -0.39 is 0 Å². The maximum atomic E-state index is 6.06. The average Bonchev–Trinajstić information content (AvgIpc) is 2.61. The lowest BCUT2D eigenvalue weighted by Gasteiger charge is -2.11. The second-order valence-corrected chi connectivity index (χ2v) is 4.12. The van der Waals surface area contributed by atoms with E-state index in [9.17, 15) is 0 Å². The van der Waals surface area contributed by atoms with Gasteiger partial charge < -0.3 is 5.73 Å². The number of rotatable bonds is 1. The lowest BCUT2D eigenvalue weighted by Crippen LogP contribution is -2.14. The Bertz CT molecular complexity index is 310. The molecule has 1 aliphatic carbocycles. The normalized spacial score (nSPS) is 33.4. The minimum Gasteiger partial charge on any atom is -0.327 e. The van der Waals surface area contributed by atoms with Crippen LogP contribution >= 0.6 is 11.6 Å². The first kappa shape index (κ1) is 8.09. The molecule has 0 heterocycles. The predicted octanol–water partition coefficient (Wildman–Crippen LogP) is 2.33. The van der Waals surface area contributed by atoms with Gasteiger partial charge in [-0.25, -0.2) is 0 Å². The highest BCUT2D eigenvalue weighted by molar-refractivity contribution is 6.31.